The van der Waals surface area contributed by atoms with Crippen LogP contribution in [0.5, 0.6) is 34.5 Å². The highest BCUT2D eigenvalue weighted by Gasteiger charge is 2.23. The van der Waals surface area contributed by atoms with Crippen LogP contribution in [-0.4, -0.2) is 59.4 Å². The molecule has 6 aromatic rings. The molecular weight excluding hydrogens is 755 g/mol. The number of carbonyl (C=O) groups is 2. The van der Waals surface area contributed by atoms with Gasteiger partial charge in [0, 0.05) is 49.6 Å². The van der Waals surface area contributed by atoms with Crippen molar-refractivity contribution >= 4 is 11.9 Å². The van der Waals surface area contributed by atoms with E-state index in [0.717, 1.165) is 41.6 Å². The summed E-state index contributed by atoms with van der Waals surface area (Å²) < 4.78 is 34.8. The maximum absolute atomic E-state index is 11.8. The van der Waals surface area contributed by atoms with Crippen LogP contribution in [-0.2, 0) is 27.3 Å². The molecule has 2 aliphatic carbocycles. The van der Waals surface area contributed by atoms with Gasteiger partial charge in [-0.1, -0.05) is 12.1 Å². The van der Waals surface area contributed by atoms with Crippen molar-refractivity contribution in [1.29, 1.82) is 0 Å². The van der Waals surface area contributed by atoms with Gasteiger partial charge in [-0.3, -0.25) is 14.4 Å². The molecule has 0 atom stereocenters. The third-order valence-corrected chi connectivity index (χ3v) is 9.55. The van der Waals surface area contributed by atoms with Crippen LogP contribution in [0.25, 0.3) is 22.9 Å². The predicted octanol–water partition coefficient (Wildman–Crippen LogP) is 9.81. The van der Waals surface area contributed by atoms with Crippen LogP contribution in [0.2, 0.25) is 0 Å². The van der Waals surface area contributed by atoms with Crippen molar-refractivity contribution in [2.75, 3.05) is 27.4 Å². The van der Waals surface area contributed by atoms with E-state index in [1.165, 1.54) is 37.9 Å². The number of rotatable bonds is 19. The zero-order chi connectivity index (χ0) is 41.0. The van der Waals surface area contributed by atoms with E-state index >= 15 is 0 Å². The average Bonchev–Trinajstić information content (AvgIpc) is 4.18. The minimum Gasteiger partial charge on any atom is -0.493 e. The van der Waals surface area contributed by atoms with Crippen LogP contribution in [0.15, 0.2) is 118 Å². The standard InChI is InChI=1S/C24H26N2O5.C22H21NO5/c1-26(28-2)23(27)13-12-22-15-25-24(31-22)18-8-10-19(11-9-18)30-21-5-3-4-20(14-21)29-16-17-6-7-17;24-21(25)11-10-20-13-23-22(28-20)16-6-8-17(9-7-16)27-19-3-1-2-18(12-19)26-14-15-4-5-15/h3-5,8-11,14-15,17H,6-7,12-13,16H2,1-2H3;1-3,6-9,12-13,15H,4-5,10-11,14H2,(H,24,25). The van der Waals surface area contributed by atoms with Gasteiger partial charge in [-0.25, -0.2) is 15.0 Å². The Balaban J connectivity index is 0.000000180. The fourth-order valence-electron chi connectivity index (χ4n) is 5.69. The number of amides is 1. The fraction of sp³-hybridized carbons (Fsp3) is 0.304. The molecular formula is C46H47N3O10. The summed E-state index contributed by atoms with van der Waals surface area (Å²) in [5, 5.41) is 9.94. The molecule has 1 amide bonds. The molecule has 2 saturated carbocycles. The van der Waals surface area contributed by atoms with Crippen LogP contribution < -0.4 is 18.9 Å². The summed E-state index contributed by atoms with van der Waals surface area (Å²) in [7, 11) is 3.03. The van der Waals surface area contributed by atoms with E-state index in [2.05, 4.69) is 9.97 Å². The van der Waals surface area contributed by atoms with Crippen molar-refractivity contribution in [2.24, 2.45) is 11.8 Å². The van der Waals surface area contributed by atoms with Gasteiger partial charge < -0.3 is 32.9 Å². The summed E-state index contributed by atoms with van der Waals surface area (Å²) in [6.45, 7) is 1.54. The summed E-state index contributed by atoms with van der Waals surface area (Å²) in [6.07, 6.45) is 9.34. The maximum Gasteiger partial charge on any atom is 0.303 e. The third-order valence-electron chi connectivity index (χ3n) is 9.55. The number of aromatic nitrogens is 2. The lowest BCUT2D eigenvalue weighted by Crippen LogP contribution is -2.25. The number of hydroxylamine groups is 2. The highest BCUT2D eigenvalue weighted by molar-refractivity contribution is 5.75. The number of carboxylic acids is 1. The lowest BCUT2D eigenvalue weighted by molar-refractivity contribution is -0.168. The summed E-state index contributed by atoms with van der Waals surface area (Å²) >= 11 is 0. The van der Waals surface area contributed by atoms with Crippen molar-refractivity contribution in [3.63, 3.8) is 0 Å². The van der Waals surface area contributed by atoms with Gasteiger partial charge in [0.1, 0.15) is 46.0 Å². The summed E-state index contributed by atoms with van der Waals surface area (Å²) in [6, 6.07) is 30.2. The Morgan fingerprint density at radius 2 is 1.08 bits per heavy atom. The molecule has 8 rings (SSSR count). The number of nitrogens with zero attached hydrogens (tertiary/aromatic N) is 3. The smallest absolute Gasteiger partial charge is 0.303 e. The van der Waals surface area contributed by atoms with Crippen LogP contribution in [0, 0.1) is 11.8 Å². The predicted molar refractivity (Wildman–Crippen MR) is 217 cm³/mol. The maximum atomic E-state index is 11.8. The second kappa shape index (κ2) is 19.7. The average molecular weight is 802 g/mol. The molecule has 2 aliphatic rings. The van der Waals surface area contributed by atoms with Gasteiger partial charge in [-0.15, -0.1) is 0 Å². The van der Waals surface area contributed by atoms with E-state index in [4.69, 9.17) is 37.7 Å². The molecule has 0 radical (unpaired) electrons. The van der Waals surface area contributed by atoms with Crippen LogP contribution in [0.4, 0.5) is 0 Å². The lowest BCUT2D eigenvalue weighted by atomic mass is 10.2. The third kappa shape index (κ3) is 12.7. The van der Waals surface area contributed by atoms with E-state index in [1.54, 1.807) is 19.4 Å². The number of oxazole rings is 2. The number of benzene rings is 4. The SMILES string of the molecule is CON(C)C(=O)CCc1cnc(-c2ccc(Oc3cccc(OCC4CC4)c3)cc2)o1.O=C(O)CCc1cnc(-c2ccc(Oc3cccc(OCC4CC4)c3)cc2)o1. The molecule has 0 bridgehead atoms. The molecule has 4 aromatic carbocycles. The highest BCUT2D eigenvalue weighted by Crippen LogP contribution is 2.33. The molecule has 0 aliphatic heterocycles. The molecule has 1 N–H and O–H groups in total. The number of aliphatic carboxylic acids is 1. The Bertz CT molecular complexity index is 2280. The van der Waals surface area contributed by atoms with Crippen LogP contribution in [0.3, 0.4) is 0 Å². The molecule has 13 heteroatoms. The second-order valence-electron chi connectivity index (χ2n) is 14.4. The molecule has 2 heterocycles. The van der Waals surface area contributed by atoms with Gasteiger partial charge in [-0.05, 0) is 110 Å². The van der Waals surface area contributed by atoms with Gasteiger partial charge in [0.25, 0.3) is 0 Å². The molecule has 0 saturated heterocycles. The van der Waals surface area contributed by atoms with E-state index < -0.39 is 5.97 Å². The largest absolute Gasteiger partial charge is 0.493 e. The monoisotopic (exact) mass is 801 g/mol. The zero-order valence-corrected chi connectivity index (χ0v) is 33.1. The zero-order valence-electron chi connectivity index (χ0n) is 33.1. The molecule has 2 aromatic heterocycles. The number of hydrogen-bond acceptors (Lipinski definition) is 11. The lowest BCUT2D eigenvalue weighted by Gasteiger charge is -2.12. The topological polar surface area (TPSA) is 156 Å². The first-order valence-electron chi connectivity index (χ1n) is 19.7. The van der Waals surface area contributed by atoms with E-state index in [0.29, 0.717) is 65.2 Å². The van der Waals surface area contributed by atoms with Gasteiger partial charge in [0.15, 0.2) is 0 Å². The van der Waals surface area contributed by atoms with Crippen molar-refractivity contribution < 1.29 is 47.3 Å². The minimum absolute atomic E-state index is 0.0187. The van der Waals surface area contributed by atoms with E-state index in [9.17, 15) is 9.59 Å². The Labute approximate surface area is 342 Å². The molecule has 2 fully saturated rings. The van der Waals surface area contributed by atoms with Crippen molar-refractivity contribution in [1.82, 2.24) is 15.0 Å². The second-order valence-corrected chi connectivity index (χ2v) is 14.4. The number of hydrogen-bond donors (Lipinski definition) is 1. The van der Waals surface area contributed by atoms with Gasteiger partial charge in [-0.2, -0.15) is 0 Å². The molecule has 0 spiro atoms. The van der Waals surface area contributed by atoms with Gasteiger partial charge >= 0.3 is 5.97 Å². The van der Waals surface area contributed by atoms with Gasteiger partial charge in [0.05, 0.1) is 39.1 Å². The summed E-state index contributed by atoms with van der Waals surface area (Å²) in [5.41, 5.74) is 1.64. The van der Waals surface area contributed by atoms with Gasteiger partial charge in [0.2, 0.25) is 17.7 Å². The Kier molecular flexibility index (Phi) is 13.6. The molecule has 13 nitrogen and oxygen atoms in total. The fourth-order valence-corrected chi connectivity index (χ4v) is 5.69. The normalized spacial score (nSPS) is 13.2. The van der Waals surface area contributed by atoms with Crippen molar-refractivity contribution in [3.05, 3.63) is 121 Å². The molecule has 306 valence electrons. The van der Waals surface area contributed by atoms with Crippen LogP contribution in [0.1, 0.15) is 50.0 Å². The molecule has 0 unspecified atom stereocenters. The Morgan fingerprint density at radius 1 is 0.644 bits per heavy atom. The van der Waals surface area contributed by atoms with E-state index in [-0.39, 0.29) is 18.7 Å². The Morgan fingerprint density at radius 3 is 1.51 bits per heavy atom. The van der Waals surface area contributed by atoms with E-state index in [1.807, 2.05) is 97.1 Å². The minimum atomic E-state index is -0.860. The quantitative estimate of drug-likeness (QED) is 0.0775. The molecule has 59 heavy (non-hydrogen) atoms. The number of ether oxygens (including phenoxy) is 4. The van der Waals surface area contributed by atoms with Crippen LogP contribution >= 0.6 is 0 Å². The summed E-state index contributed by atoms with van der Waals surface area (Å²) in [5.74, 6) is 7.09. The van der Waals surface area contributed by atoms with Crippen molar-refractivity contribution in [3.8, 4) is 57.4 Å². The summed E-state index contributed by atoms with van der Waals surface area (Å²) in [4.78, 5) is 35.9. The Hall–Kier alpha value is -6.60. The first kappa shape index (κ1) is 40.6. The number of aryl methyl sites for hydroxylation is 2. The number of carbonyl (C=O) groups excluding carboxylic acids is 1. The first-order chi connectivity index (χ1) is 28.8. The number of carboxylic acid groups (broad SMARTS) is 1. The van der Waals surface area contributed by atoms with Crippen molar-refractivity contribution in [2.45, 2.75) is 51.4 Å². The first-order valence-corrected chi connectivity index (χ1v) is 19.7. The highest BCUT2D eigenvalue weighted by atomic mass is 16.7.